The summed E-state index contributed by atoms with van der Waals surface area (Å²) >= 11 is 3.28. The van der Waals surface area contributed by atoms with Crippen LogP contribution in [0.5, 0.6) is 0 Å². The average molecular weight is 356 g/mol. The fourth-order valence-corrected chi connectivity index (χ4v) is 1.81. The SMILES string of the molecule is CCNC(=O)[C@@H](C)NC(=O)CNC(=O)c1ccc(Br)cc1. The van der Waals surface area contributed by atoms with E-state index in [1.54, 1.807) is 38.1 Å². The molecule has 3 N–H and O–H groups in total. The van der Waals surface area contributed by atoms with Gasteiger partial charge in [-0.3, -0.25) is 14.4 Å². The second-order valence-corrected chi connectivity index (χ2v) is 5.29. The van der Waals surface area contributed by atoms with Crippen molar-refractivity contribution in [3.8, 4) is 0 Å². The zero-order valence-corrected chi connectivity index (χ0v) is 13.5. The molecule has 114 valence electrons. The number of benzene rings is 1. The lowest BCUT2D eigenvalue weighted by atomic mass is 10.2. The van der Waals surface area contributed by atoms with Crippen LogP contribution in [0.15, 0.2) is 28.7 Å². The largest absolute Gasteiger partial charge is 0.355 e. The number of carbonyl (C=O) groups excluding carboxylic acids is 3. The molecule has 0 aliphatic heterocycles. The van der Waals surface area contributed by atoms with Crippen molar-refractivity contribution in [3.05, 3.63) is 34.3 Å². The first-order chi connectivity index (χ1) is 9.93. The molecule has 0 saturated carbocycles. The van der Waals surface area contributed by atoms with E-state index in [1.807, 2.05) is 0 Å². The minimum absolute atomic E-state index is 0.182. The molecule has 1 rings (SSSR count). The average Bonchev–Trinajstić information content (AvgIpc) is 2.45. The first-order valence-electron chi connectivity index (χ1n) is 6.55. The minimum Gasteiger partial charge on any atom is -0.355 e. The van der Waals surface area contributed by atoms with E-state index in [0.717, 1.165) is 4.47 Å². The highest BCUT2D eigenvalue weighted by Crippen LogP contribution is 2.10. The van der Waals surface area contributed by atoms with E-state index in [1.165, 1.54) is 0 Å². The Morgan fingerprint density at radius 1 is 1.14 bits per heavy atom. The van der Waals surface area contributed by atoms with Gasteiger partial charge in [0.2, 0.25) is 11.8 Å². The number of hydrogen-bond donors (Lipinski definition) is 3. The van der Waals surface area contributed by atoms with Gasteiger partial charge >= 0.3 is 0 Å². The van der Waals surface area contributed by atoms with Gasteiger partial charge in [0.15, 0.2) is 0 Å². The van der Waals surface area contributed by atoms with Gasteiger partial charge in [0.1, 0.15) is 6.04 Å². The second-order valence-electron chi connectivity index (χ2n) is 4.37. The number of hydrogen-bond acceptors (Lipinski definition) is 3. The van der Waals surface area contributed by atoms with Crippen molar-refractivity contribution in [2.45, 2.75) is 19.9 Å². The van der Waals surface area contributed by atoms with Crippen molar-refractivity contribution in [3.63, 3.8) is 0 Å². The van der Waals surface area contributed by atoms with E-state index in [-0.39, 0.29) is 18.4 Å². The van der Waals surface area contributed by atoms with Crippen molar-refractivity contribution in [1.82, 2.24) is 16.0 Å². The summed E-state index contributed by atoms with van der Waals surface area (Å²) in [6, 6.07) is 6.14. The standard InChI is InChI=1S/C14H18BrN3O3/c1-3-16-13(20)9(2)18-12(19)8-17-14(21)10-4-6-11(15)7-5-10/h4-7,9H,3,8H2,1-2H3,(H,16,20)(H,17,21)(H,18,19)/t9-/m1/s1. The molecule has 7 heteroatoms. The fraction of sp³-hybridized carbons (Fsp3) is 0.357. The van der Waals surface area contributed by atoms with E-state index in [0.29, 0.717) is 12.1 Å². The van der Waals surface area contributed by atoms with Crippen LogP contribution in [0.1, 0.15) is 24.2 Å². The molecule has 0 bridgehead atoms. The highest BCUT2D eigenvalue weighted by Gasteiger charge is 2.15. The summed E-state index contributed by atoms with van der Waals surface area (Å²) in [7, 11) is 0. The zero-order chi connectivity index (χ0) is 15.8. The van der Waals surface area contributed by atoms with Crippen LogP contribution < -0.4 is 16.0 Å². The van der Waals surface area contributed by atoms with Gasteiger partial charge in [-0.25, -0.2) is 0 Å². The number of rotatable bonds is 6. The van der Waals surface area contributed by atoms with E-state index in [9.17, 15) is 14.4 Å². The molecule has 0 unspecified atom stereocenters. The Balaban J connectivity index is 2.40. The number of nitrogens with one attached hydrogen (secondary N) is 3. The third-order valence-electron chi connectivity index (χ3n) is 2.64. The molecule has 0 radical (unpaired) electrons. The summed E-state index contributed by atoms with van der Waals surface area (Å²) < 4.78 is 0.868. The number of carbonyl (C=O) groups is 3. The highest BCUT2D eigenvalue weighted by atomic mass is 79.9. The highest BCUT2D eigenvalue weighted by molar-refractivity contribution is 9.10. The molecule has 1 aromatic rings. The van der Waals surface area contributed by atoms with E-state index in [2.05, 4.69) is 31.9 Å². The minimum atomic E-state index is -0.637. The Hall–Kier alpha value is -1.89. The molecule has 6 nitrogen and oxygen atoms in total. The van der Waals surface area contributed by atoms with Crippen LogP contribution in [0, 0.1) is 0 Å². The van der Waals surface area contributed by atoms with Gasteiger partial charge in [-0.2, -0.15) is 0 Å². The van der Waals surface area contributed by atoms with Crippen molar-refractivity contribution in [2.24, 2.45) is 0 Å². The van der Waals surface area contributed by atoms with Crippen molar-refractivity contribution in [2.75, 3.05) is 13.1 Å². The van der Waals surface area contributed by atoms with Gasteiger partial charge in [-0.15, -0.1) is 0 Å². The maximum atomic E-state index is 11.8. The fourth-order valence-electron chi connectivity index (χ4n) is 1.55. The van der Waals surface area contributed by atoms with Crippen LogP contribution in [0.2, 0.25) is 0 Å². The van der Waals surface area contributed by atoms with Gasteiger partial charge in [-0.05, 0) is 38.1 Å². The van der Waals surface area contributed by atoms with Gasteiger partial charge < -0.3 is 16.0 Å². The van der Waals surface area contributed by atoms with Crippen molar-refractivity contribution >= 4 is 33.7 Å². The zero-order valence-electron chi connectivity index (χ0n) is 11.9. The summed E-state index contributed by atoms with van der Waals surface area (Å²) in [5, 5.41) is 7.60. The lowest BCUT2D eigenvalue weighted by molar-refractivity contribution is -0.128. The smallest absolute Gasteiger partial charge is 0.251 e. The third kappa shape index (κ3) is 5.95. The Labute approximate surface area is 131 Å². The summed E-state index contributed by atoms with van der Waals surface area (Å²) in [5.41, 5.74) is 0.461. The van der Waals surface area contributed by atoms with Crippen LogP contribution in [0.3, 0.4) is 0 Å². The number of halogens is 1. The predicted octanol–water partition coefficient (Wildman–Crippen LogP) is 0.820. The summed E-state index contributed by atoms with van der Waals surface area (Å²) in [6.45, 7) is 3.70. The summed E-state index contributed by atoms with van der Waals surface area (Å²) in [4.78, 5) is 34.9. The molecular weight excluding hydrogens is 338 g/mol. The van der Waals surface area contributed by atoms with E-state index in [4.69, 9.17) is 0 Å². The molecule has 21 heavy (non-hydrogen) atoms. The van der Waals surface area contributed by atoms with Gasteiger partial charge in [0, 0.05) is 16.6 Å². The Bertz CT molecular complexity index is 517. The molecule has 0 aliphatic rings. The maximum Gasteiger partial charge on any atom is 0.251 e. The summed E-state index contributed by atoms with van der Waals surface area (Å²) in [6.07, 6.45) is 0. The lowest BCUT2D eigenvalue weighted by Crippen LogP contribution is -2.47. The monoisotopic (exact) mass is 355 g/mol. The molecule has 0 fully saturated rings. The quantitative estimate of drug-likeness (QED) is 0.705. The second kappa shape index (κ2) is 8.41. The molecule has 0 aliphatic carbocycles. The lowest BCUT2D eigenvalue weighted by Gasteiger charge is -2.13. The Morgan fingerprint density at radius 3 is 2.33 bits per heavy atom. The van der Waals surface area contributed by atoms with Crippen molar-refractivity contribution < 1.29 is 14.4 Å². The summed E-state index contributed by atoms with van der Waals surface area (Å²) in [5.74, 6) is -1.02. The van der Waals surface area contributed by atoms with E-state index < -0.39 is 11.9 Å². The van der Waals surface area contributed by atoms with Crippen LogP contribution in [-0.4, -0.2) is 36.9 Å². The van der Waals surface area contributed by atoms with Crippen LogP contribution in [0.25, 0.3) is 0 Å². The molecule has 0 aromatic heterocycles. The predicted molar refractivity (Wildman–Crippen MR) is 82.8 cm³/mol. The van der Waals surface area contributed by atoms with Crippen molar-refractivity contribution in [1.29, 1.82) is 0 Å². The van der Waals surface area contributed by atoms with Crippen LogP contribution >= 0.6 is 15.9 Å². The Morgan fingerprint density at radius 2 is 1.76 bits per heavy atom. The molecule has 0 saturated heterocycles. The molecule has 1 aromatic carbocycles. The first kappa shape index (κ1) is 17.2. The van der Waals surface area contributed by atoms with Crippen LogP contribution in [0.4, 0.5) is 0 Å². The normalized spacial score (nSPS) is 11.4. The topological polar surface area (TPSA) is 87.3 Å². The molecule has 3 amide bonds. The molecule has 0 spiro atoms. The van der Waals surface area contributed by atoms with Gasteiger partial charge in [-0.1, -0.05) is 15.9 Å². The number of amides is 3. The molecule has 1 atom stereocenters. The van der Waals surface area contributed by atoms with Crippen LogP contribution in [-0.2, 0) is 9.59 Å². The Kier molecular flexibility index (Phi) is 6.87. The first-order valence-corrected chi connectivity index (χ1v) is 7.34. The maximum absolute atomic E-state index is 11.8. The number of likely N-dealkylation sites (N-methyl/N-ethyl adjacent to an activating group) is 1. The van der Waals surface area contributed by atoms with E-state index >= 15 is 0 Å². The van der Waals surface area contributed by atoms with Gasteiger partial charge in [0.05, 0.1) is 6.54 Å². The third-order valence-corrected chi connectivity index (χ3v) is 3.17. The molecule has 0 heterocycles. The van der Waals surface area contributed by atoms with Gasteiger partial charge in [0.25, 0.3) is 5.91 Å². The molecular formula is C14H18BrN3O3.